The summed E-state index contributed by atoms with van der Waals surface area (Å²) in [6, 6.07) is 7.40. The molecule has 1 aliphatic heterocycles. The van der Waals surface area contributed by atoms with Gasteiger partial charge in [-0.15, -0.1) is 0 Å². The van der Waals surface area contributed by atoms with Crippen molar-refractivity contribution in [1.29, 1.82) is 0 Å². The summed E-state index contributed by atoms with van der Waals surface area (Å²) < 4.78 is 5.15. The zero-order valence-electron chi connectivity index (χ0n) is 10.6. The number of aryl methyl sites for hydroxylation is 1. The second-order valence-electron chi connectivity index (χ2n) is 4.46. The standard InChI is InChI=1S/C13H16N2O4/c1-8-2-4-9(5-3-8)15-6-7-19-11(13(15)18)10(16)12(14)17/h2-5,10-11,16H,6-7H2,1H3,(H2,14,17). The van der Waals surface area contributed by atoms with Gasteiger partial charge in [-0.3, -0.25) is 9.59 Å². The SMILES string of the molecule is Cc1ccc(N2CCOC(C(O)C(N)=O)C2=O)cc1. The number of morpholine rings is 1. The van der Waals surface area contributed by atoms with E-state index in [0.717, 1.165) is 5.56 Å². The van der Waals surface area contributed by atoms with Crippen LogP contribution < -0.4 is 10.6 Å². The summed E-state index contributed by atoms with van der Waals surface area (Å²) in [5.41, 5.74) is 6.78. The number of nitrogens with zero attached hydrogens (tertiary/aromatic N) is 1. The number of aliphatic hydroxyl groups excluding tert-OH is 1. The molecule has 0 saturated carbocycles. The Balaban J connectivity index is 2.20. The van der Waals surface area contributed by atoms with Crippen LogP contribution in [-0.2, 0) is 14.3 Å². The summed E-state index contributed by atoms with van der Waals surface area (Å²) >= 11 is 0. The molecule has 2 unspecified atom stereocenters. The van der Waals surface area contributed by atoms with Gasteiger partial charge in [-0.2, -0.15) is 0 Å². The lowest BCUT2D eigenvalue weighted by molar-refractivity contribution is -0.151. The van der Waals surface area contributed by atoms with Gasteiger partial charge in [0, 0.05) is 12.2 Å². The third kappa shape index (κ3) is 2.74. The van der Waals surface area contributed by atoms with Crippen molar-refractivity contribution in [2.24, 2.45) is 5.73 Å². The number of aliphatic hydroxyl groups is 1. The average Bonchev–Trinajstić information content (AvgIpc) is 2.39. The van der Waals surface area contributed by atoms with Gasteiger partial charge in [-0.25, -0.2) is 0 Å². The largest absolute Gasteiger partial charge is 0.380 e. The van der Waals surface area contributed by atoms with Crippen LogP contribution in [0.2, 0.25) is 0 Å². The number of primary amides is 1. The zero-order valence-corrected chi connectivity index (χ0v) is 10.6. The van der Waals surface area contributed by atoms with Crippen molar-refractivity contribution in [2.75, 3.05) is 18.1 Å². The maximum atomic E-state index is 12.2. The number of carbonyl (C=O) groups excluding carboxylic acids is 2. The van der Waals surface area contributed by atoms with Crippen molar-refractivity contribution in [2.45, 2.75) is 19.1 Å². The highest BCUT2D eigenvalue weighted by molar-refractivity contribution is 6.00. The number of ether oxygens (including phenoxy) is 1. The van der Waals surface area contributed by atoms with Gasteiger partial charge in [0.25, 0.3) is 5.91 Å². The fraction of sp³-hybridized carbons (Fsp3) is 0.385. The monoisotopic (exact) mass is 264 g/mol. The number of anilines is 1. The highest BCUT2D eigenvalue weighted by Gasteiger charge is 2.38. The van der Waals surface area contributed by atoms with Gasteiger partial charge in [-0.1, -0.05) is 17.7 Å². The third-order valence-electron chi connectivity index (χ3n) is 3.05. The molecule has 0 bridgehead atoms. The molecule has 19 heavy (non-hydrogen) atoms. The number of nitrogens with two attached hydrogens (primary N) is 1. The average molecular weight is 264 g/mol. The first-order valence-electron chi connectivity index (χ1n) is 5.97. The van der Waals surface area contributed by atoms with E-state index in [1.54, 1.807) is 0 Å². The van der Waals surface area contributed by atoms with E-state index < -0.39 is 24.0 Å². The summed E-state index contributed by atoms with van der Waals surface area (Å²) in [5.74, 6) is -1.43. The van der Waals surface area contributed by atoms with Gasteiger partial charge in [0.15, 0.2) is 12.2 Å². The van der Waals surface area contributed by atoms with Crippen LogP contribution in [0.15, 0.2) is 24.3 Å². The van der Waals surface area contributed by atoms with Crippen molar-refractivity contribution in [3.8, 4) is 0 Å². The maximum absolute atomic E-state index is 12.2. The summed E-state index contributed by atoms with van der Waals surface area (Å²) in [5, 5.41) is 9.58. The first-order chi connectivity index (χ1) is 9.00. The number of carbonyl (C=O) groups is 2. The quantitative estimate of drug-likeness (QED) is 0.775. The smallest absolute Gasteiger partial charge is 0.259 e. The van der Waals surface area contributed by atoms with E-state index in [0.29, 0.717) is 12.2 Å². The Morgan fingerprint density at radius 1 is 1.47 bits per heavy atom. The first-order valence-corrected chi connectivity index (χ1v) is 5.97. The second-order valence-corrected chi connectivity index (χ2v) is 4.46. The highest BCUT2D eigenvalue weighted by atomic mass is 16.5. The van der Waals surface area contributed by atoms with Gasteiger partial charge in [0.2, 0.25) is 5.91 Å². The fourth-order valence-electron chi connectivity index (χ4n) is 1.96. The van der Waals surface area contributed by atoms with E-state index in [1.165, 1.54) is 4.90 Å². The Morgan fingerprint density at radius 2 is 2.11 bits per heavy atom. The zero-order chi connectivity index (χ0) is 14.0. The van der Waals surface area contributed by atoms with Crippen molar-refractivity contribution in [1.82, 2.24) is 0 Å². The van der Waals surface area contributed by atoms with Crippen molar-refractivity contribution in [3.05, 3.63) is 29.8 Å². The molecule has 2 rings (SSSR count). The van der Waals surface area contributed by atoms with E-state index in [1.807, 2.05) is 31.2 Å². The minimum absolute atomic E-state index is 0.245. The molecular weight excluding hydrogens is 248 g/mol. The van der Waals surface area contributed by atoms with Crippen LogP contribution in [0.4, 0.5) is 5.69 Å². The van der Waals surface area contributed by atoms with Gasteiger partial charge in [-0.05, 0) is 19.1 Å². The van der Waals surface area contributed by atoms with Gasteiger partial charge in [0.05, 0.1) is 6.61 Å². The molecule has 0 radical (unpaired) electrons. The topological polar surface area (TPSA) is 92.9 Å². The minimum Gasteiger partial charge on any atom is -0.380 e. The third-order valence-corrected chi connectivity index (χ3v) is 3.05. The number of rotatable bonds is 3. The lowest BCUT2D eigenvalue weighted by Crippen LogP contribution is -2.55. The van der Waals surface area contributed by atoms with Crippen molar-refractivity contribution in [3.63, 3.8) is 0 Å². The molecule has 2 amide bonds. The van der Waals surface area contributed by atoms with E-state index in [9.17, 15) is 14.7 Å². The van der Waals surface area contributed by atoms with Crippen LogP contribution in [0.3, 0.4) is 0 Å². The van der Waals surface area contributed by atoms with E-state index in [2.05, 4.69) is 0 Å². The molecule has 6 heteroatoms. The fourth-order valence-corrected chi connectivity index (χ4v) is 1.96. The van der Waals surface area contributed by atoms with Crippen LogP contribution in [0.25, 0.3) is 0 Å². The summed E-state index contributed by atoms with van der Waals surface area (Å²) in [4.78, 5) is 24.6. The summed E-state index contributed by atoms with van der Waals surface area (Å²) in [7, 11) is 0. The Labute approximate surface area is 110 Å². The summed E-state index contributed by atoms with van der Waals surface area (Å²) in [6.45, 7) is 2.57. The van der Waals surface area contributed by atoms with Crippen LogP contribution in [0.1, 0.15) is 5.56 Å². The molecule has 1 saturated heterocycles. The highest BCUT2D eigenvalue weighted by Crippen LogP contribution is 2.20. The number of hydrogen-bond donors (Lipinski definition) is 2. The van der Waals surface area contributed by atoms with Crippen LogP contribution >= 0.6 is 0 Å². The lowest BCUT2D eigenvalue weighted by Gasteiger charge is -2.33. The first kappa shape index (κ1) is 13.5. The normalized spacial score (nSPS) is 21.3. The molecule has 2 atom stereocenters. The summed E-state index contributed by atoms with van der Waals surface area (Å²) in [6.07, 6.45) is -2.85. The molecular formula is C13H16N2O4. The molecule has 102 valence electrons. The molecule has 1 fully saturated rings. The maximum Gasteiger partial charge on any atom is 0.259 e. The van der Waals surface area contributed by atoms with Gasteiger partial charge < -0.3 is 20.5 Å². The molecule has 6 nitrogen and oxygen atoms in total. The van der Waals surface area contributed by atoms with E-state index in [4.69, 9.17) is 10.5 Å². The van der Waals surface area contributed by atoms with Crippen LogP contribution in [0.5, 0.6) is 0 Å². The molecule has 1 aromatic rings. The minimum atomic E-state index is -1.62. The molecule has 3 N–H and O–H groups in total. The predicted molar refractivity (Wildman–Crippen MR) is 68.5 cm³/mol. The van der Waals surface area contributed by atoms with Crippen molar-refractivity contribution < 1.29 is 19.4 Å². The molecule has 0 aromatic heterocycles. The Hall–Kier alpha value is -1.92. The predicted octanol–water partition coefficient (Wildman–Crippen LogP) is -0.427. The van der Waals surface area contributed by atoms with Gasteiger partial charge >= 0.3 is 0 Å². The van der Waals surface area contributed by atoms with Gasteiger partial charge in [0.1, 0.15) is 0 Å². The van der Waals surface area contributed by atoms with Crippen LogP contribution in [-0.4, -0.2) is 42.3 Å². The Kier molecular flexibility index (Phi) is 3.82. The van der Waals surface area contributed by atoms with E-state index in [-0.39, 0.29) is 6.61 Å². The Bertz CT molecular complexity index is 486. The van der Waals surface area contributed by atoms with Crippen LogP contribution in [0, 0.1) is 6.92 Å². The lowest BCUT2D eigenvalue weighted by atomic mass is 10.1. The molecule has 0 aliphatic carbocycles. The molecule has 0 spiro atoms. The second kappa shape index (κ2) is 5.38. The Morgan fingerprint density at radius 3 is 2.68 bits per heavy atom. The van der Waals surface area contributed by atoms with Crippen molar-refractivity contribution >= 4 is 17.5 Å². The van der Waals surface area contributed by atoms with E-state index >= 15 is 0 Å². The number of hydrogen-bond acceptors (Lipinski definition) is 4. The molecule has 1 aromatic carbocycles. The number of benzene rings is 1. The number of amides is 2. The molecule has 1 aliphatic rings. The molecule has 1 heterocycles.